The second-order valence-corrected chi connectivity index (χ2v) is 8.60. The predicted molar refractivity (Wildman–Crippen MR) is 95.4 cm³/mol. The smallest absolute Gasteiger partial charge is 0.251 e. The molecule has 5 nitrogen and oxygen atoms in total. The molecule has 1 aliphatic carbocycles. The van der Waals surface area contributed by atoms with Gasteiger partial charge in [0.15, 0.2) is 0 Å². The van der Waals surface area contributed by atoms with Crippen LogP contribution < -0.4 is 10.0 Å². The molecule has 134 valence electrons. The third-order valence-corrected chi connectivity index (χ3v) is 6.35. The highest BCUT2D eigenvalue weighted by atomic mass is 32.2. The molecular formula is C18H28N2O3S. The number of carbonyl (C=O) groups excluding carboxylic acids is 1. The summed E-state index contributed by atoms with van der Waals surface area (Å²) in [6, 6.07) is 6.24. The fourth-order valence-corrected chi connectivity index (χ4v) is 4.20. The van der Waals surface area contributed by atoms with E-state index in [0.29, 0.717) is 5.56 Å². The van der Waals surface area contributed by atoms with Crippen molar-refractivity contribution in [1.29, 1.82) is 0 Å². The second-order valence-electron chi connectivity index (χ2n) is 6.89. The molecule has 1 saturated carbocycles. The first kappa shape index (κ1) is 18.9. The van der Waals surface area contributed by atoms with E-state index in [4.69, 9.17) is 0 Å². The van der Waals surface area contributed by atoms with Crippen molar-refractivity contribution in [2.24, 2.45) is 5.92 Å². The molecule has 0 aliphatic heterocycles. The molecule has 0 saturated heterocycles. The van der Waals surface area contributed by atoms with Gasteiger partial charge in [0.1, 0.15) is 0 Å². The van der Waals surface area contributed by atoms with E-state index in [0.717, 1.165) is 38.0 Å². The normalized spacial score (nSPS) is 22.8. The Balaban J connectivity index is 1.99. The molecule has 1 fully saturated rings. The van der Waals surface area contributed by atoms with E-state index in [1.165, 1.54) is 12.1 Å². The van der Waals surface area contributed by atoms with Crippen molar-refractivity contribution in [2.45, 2.75) is 69.9 Å². The lowest BCUT2D eigenvalue weighted by atomic mass is 9.87. The highest BCUT2D eigenvalue weighted by Gasteiger charge is 2.21. The van der Waals surface area contributed by atoms with Gasteiger partial charge in [-0.05, 0) is 69.2 Å². The van der Waals surface area contributed by atoms with Gasteiger partial charge in [-0.25, -0.2) is 13.1 Å². The highest BCUT2D eigenvalue weighted by molar-refractivity contribution is 7.89. The molecule has 0 aromatic heterocycles. The molecule has 0 radical (unpaired) electrons. The van der Waals surface area contributed by atoms with Crippen LogP contribution in [0, 0.1) is 5.92 Å². The first-order chi connectivity index (χ1) is 11.3. The lowest BCUT2D eigenvalue weighted by Crippen LogP contribution is -2.37. The summed E-state index contributed by atoms with van der Waals surface area (Å²) in [6.07, 6.45) is 5.03. The number of nitrogens with one attached hydrogen (secondary N) is 2. The molecule has 0 bridgehead atoms. The Morgan fingerprint density at radius 2 is 1.75 bits per heavy atom. The molecule has 6 heteroatoms. The van der Waals surface area contributed by atoms with Crippen LogP contribution in [-0.2, 0) is 10.0 Å². The van der Waals surface area contributed by atoms with Crippen molar-refractivity contribution in [3.8, 4) is 0 Å². The number of hydrogen-bond donors (Lipinski definition) is 2. The molecule has 1 aromatic rings. The fraction of sp³-hybridized carbons (Fsp3) is 0.611. The Morgan fingerprint density at radius 3 is 2.29 bits per heavy atom. The Morgan fingerprint density at radius 1 is 1.17 bits per heavy atom. The number of benzene rings is 1. The van der Waals surface area contributed by atoms with Crippen LogP contribution in [0.25, 0.3) is 0 Å². The standard InChI is InChI=1S/C18H28N2O3S/c1-4-14(3)20-24(22,23)17-11-7-15(8-12-17)18(21)19-16-9-5-13(2)6-10-16/h7-8,11-14,16,20H,4-6,9-10H2,1-3H3,(H,19,21). The molecule has 24 heavy (non-hydrogen) atoms. The lowest BCUT2D eigenvalue weighted by Gasteiger charge is -2.26. The van der Waals surface area contributed by atoms with Gasteiger partial charge in [-0.2, -0.15) is 0 Å². The summed E-state index contributed by atoms with van der Waals surface area (Å²) in [4.78, 5) is 12.5. The summed E-state index contributed by atoms with van der Waals surface area (Å²) in [5.41, 5.74) is 0.496. The largest absolute Gasteiger partial charge is 0.349 e. The maximum absolute atomic E-state index is 12.3. The zero-order valence-corrected chi connectivity index (χ0v) is 15.5. The minimum Gasteiger partial charge on any atom is -0.349 e. The van der Waals surface area contributed by atoms with E-state index in [1.54, 1.807) is 12.1 Å². The molecule has 0 spiro atoms. The van der Waals surface area contributed by atoms with E-state index in [1.807, 2.05) is 13.8 Å². The van der Waals surface area contributed by atoms with Gasteiger partial charge in [0.05, 0.1) is 4.90 Å². The van der Waals surface area contributed by atoms with Crippen molar-refractivity contribution < 1.29 is 13.2 Å². The Kier molecular flexibility index (Phi) is 6.40. The molecule has 1 aromatic carbocycles. The number of rotatable bonds is 6. The number of hydrogen-bond acceptors (Lipinski definition) is 3. The maximum atomic E-state index is 12.3. The monoisotopic (exact) mass is 352 g/mol. The third-order valence-electron chi connectivity index (χ3n) is 4.75. The summed E-state index contributed by atoms with van der Waals surface area (Å²) in [7, 11) is -3.53. The lowest BCUT2D eigenvalue weighted by molar-refractivity contribution is 0.0923. The van der Waals surface area contributed by atoms with Gasteiger partial charge in [-0.3, -0.25) is 4.79 Å². The predicted octanol–water partition coefficient (Wildman–Crippen LogP) is 3.07. The van der Waals surface area contributed by atoms with E-state index in [-0.39, 0.29) is 22.9 Å². The fourth-order valence-electron chi connectivity index (χ4n) is 2.87. The number of carbonyl (C=O) groups is 1. The van der Waals surface area contributed by atoms with E-state index in [2.05, 4.69) is 17.0 Å². The summed E-state index contributed by atoms with van der Waals surface area (Å²) in [5.74, 6) is 0.606. The van der Waals surface area contributed by atoms with Crippen molar-refractivity contribution >= 4 is 15.9 Å². The average Bonchev–Trinajstić information content (AvgIpc) is 2.56. The SMILES string of the molecule is CCC(C)NS(=O)(=O)c1ccc(C(=O)NC2CCC(C)CC2)cc1. The molecule has 1 atom stereocenters. The minimum absolute atomic E-state index is 0.119. The van der Waals surface area contributed by atoms with Crippen molar-refractivity contribution in [3.05, 3.63) is 29.8 Å². The molecule has 0 heterocycles. The molecule has 1 aliphatic rings. The van der Waals surface area contributed by atoms with Crippen LogP contribution in [0.2, 0.25) is 0 Å². The number of amides is 1. The van der Waals surface area contributed by atoms with Crippen LogP contribution in [0.1, 0.15) is 63.2 Å². The van der Waals surface area contributed by atoms with Gasteiger partial charge >= 0.3 is 0 Å². The van der Waals surface area contributed by atoms with Crippen LogP contribution in [0.3, 0.4) is 0 Å². The van der Waals surface area contributed by atoms with Gasteiger partial charge in [-0.15, -0.1) is 0 Å². The zero-order chi connectivity index (χ0) is 17.7. The quantitative estimate of drug-likeness (QED) is 0.826. The third kappa shape index (κ3) is 5.05. The van der Waals surface area contributed by atoms with Gasteiger partial charge in [0, 0.05) is 17.6 Å². The van der Waals surface area contributed by atoms with Crippen molar-refractivity contribution in [1.82, 2.24) is 10.0 Å². The molecule has 2 rings (SSSR count). The average molecular weight is 353 g/mol. The Bertz CT molecular complexity index is 647. The van der Waals surface area contributed by atoms with Crippen LogP contribution in [0.15, 0.2) is 29.2 Å². The topological polar surface area (TPSA) is 75.3 Å². The first-order valence-electron chi connectivity index (χ1n) is 8.75. The summed E-state index contributed by atoms with van der Waals surface area (Å²) in [6.45, 7) is 5.99. The van der Waals surface area contributed by atoms with Gasteiger partial charge < -0.3 is 5.32 Å². The van der Waals surface area contributed by atoms with Crippen LogP contribution in [0.4, 0.5) is 0 Å². The van der Waals surface area contributed by atoms with Crippen LogP contribution in [-0.4, -0.2) is 26.4 Å². The second kappa shape index (κ2) is 8.12. The van der Waals surface area contributed by atoms with Crippen molar-refractivity contribution in [3.63, 3.8) is 0 Å². The van der Waals surface area contributed by atoms with Gasteiger partial charge in [0.2, 0.25) is 10.0 Å². The van der Waals surface area contributed by atoms with E-state index in [9.17, 15) is 13.2 Å². The van der Waals surface area contributed by atoms with Crippen LogP contribution >= 0.6 is 0 Å². The highest BCUT2D eigenvalue weighted by Crippen LogP contribution is 2.23. The maximum Gasteiger partial charge on any atom is 0.251 e. The first-order valence-corrected chi connectivity index (χ1v) is 10.2. The van der Waals surface area contributed by atoms with Gasteiger partial charge in [0.25, 0.3) is 5.91 Å². The number of sulfonamides is 1. The molecule has 2 N–H and O–H groups in total. The molecule has 1 amide bonds. The van der Waals surface area contributed by atoms with Crippen molar-refractivity contribution in [2.75, 3.05) is 0 Å². The molecular weight excluding hydrogens is 324 g/mol. The minimum atomic E-state index is -3.53. The Labute approximate surface area is 145 Å². The van der Waals surface area contributed by atoms with Crippen LogP contribution in [0.5, 0.6) is 0 Å². The zero-order valence-electron chi connectivity index (χ0n) is 14.7. The summed E-state index contributed by atoms with van der Waals surface area (Å²) in [5, 5.41) is 3.05. The Hall–Kier alpha value is -1.40. The van der Waals surface area contributed by atoms with E-state index < -0.39 is 10.0 Å². The van der Waals surface area contributed by atoms with Gasteiger partial charge in [-0.1, -0.05) is 13.8 Å². The van der Waals surface area contributed by atoms with E-state index >= 15 is 0 Å². The molecule has 1 unspecified atom stereocenters. The summed E-state index contributed by atoms with van der Waals surface area (Å²) < 4.78 is 27.0. The summed E-state index contributed by atoms with van der Waals surface area (Å²) >= 11 is 0.